The van der Waals surface area contributed by atoms with E-state index >= 15 is 0 Å². The number of benzene rings is 1. The fourth-order valence-electron chi connectivity index (χ4n) is 3.12. The lowest BCUT2D eigenvalue weighted by atomic mass is 10.2. The van der Waals surface area contributed by atoms with Crippen molar-refractivity contribution in [3.05, 3.63) is 60.1 Å². The Balaban J connectivity index is 1.52. The predicted octanol–water partition coefficient (Wildman–Crippen LogP) is 4.95. The van der Waals surface area contributed by atoms with Crippen LogP contribution in [-0.4, -0.2) is 25.7 Å². The molecule has 0 radical (unpaired) electrons. The Kier molecular flexibility index (Phi) is 5.84. The first-order valence-corrected chi connectivity index (χ1v) is 9.53. The third-order valence-electron chi connectivity index (χ3n) is 4.37. The van der Waals surface area contributed by atoms with E-state index in [0.717, 1.165) is 36.0 Å². The first-order chi connectivity index (χ1) is 13.3. The first kappa shape index (κ1) is 19.7. The SMILES string of the molecule is [C-]#[N+]c1ccc2ccn(Cc3cn(CCCCC(=O)OC(C)(C)C)cn3)c2c1. The molecule has 1 aromatic carbocycles. The van der Waals surface area contributed by atoms with Crippen molar-refractivity contribution in [3.8, 4) is 0 Å². The number of imidazole rings is 1. The van der Waals surface area contributed by atoms with Crippen molar-refractivity contribution >= 4 is 22.6 Å². The van der Waals surface area contributed by atoms with Gasteiger partial charge in [0.15, 0.2) is 5.69 Å². The summed E-state index contributed by atoms with van der Waals surface area (Å²) in [6.07, 6.45) is 8.03. The minimum atomic E-state index is -0.422. The zero-order valence-electron chi connectivity index (χ0n) is 16.7. The molecular formula is C22H26N4O2. The summed E-state index contributed by atoms with van der Waals surface area (Å²) >= 11 is 0. The molecule has 0 aliphatic rings. The number of esters is 1. The minimum absolute atomic E-state index is 0.142. The monoisotopic (exact) mass is 378 g/mol. The molecule has 3 rings (SSSR count). The van der Waals surface area contributed by atoms with Crippen molar-refractivity contribution in [2.45, 2.75) is 58.7 Å². The fraction of sp³-hybridized carbons (Fsp3) is 0.409. The quantitative estimate of drug-likeness (QED) is 0.332. The van der Waals surface area contributed by atoms with Gasteiger partial charge >= 0.3 is 5.97 Å². The zero-order valence-corrected chi connectivity index (χ0v) is 16.7. The van der Waals surface area contributed by atoms with E-state index < -0.39 is 5.60 Å². The summed E-state index contributed by atoms with van der Waals surface area (Å²) in [4.78, 5) is 19.7. The standard InChI is InChI=1S/C22H26N4O2/c1-22(2,3)28-21(27)7-5-6-11-25-14-19(24-16-25)15-26-12-10-17-8-9-18(23-4)13-20(17)26/h8-10,12-14,16H,5-7,11,15H2,1-3H3. The number of rotatable bonds is 7. The van der Waals surface area contributed by atoms with Gasteiger partial charge in [0.2, 0.25) is 0 Å². The summed E-state index contributed by atoms with van der Waals surface area (Å²) in [6, 6.07) is 7.78. The van der Waals surface area contributed by atoms with Gasteiger partial charge in [0.1, 0.15) is 5.60 Å². The Morgan fingerprint density at radius 2 is 2.07 bits per heavy atom. The lowest BCUT2D eigenvalue weighted by molar-refractivity contribution is -0.154. The van der Waals surface area contributed by atoms with Gasteiger partial charge in [-0.2, -0.15) is 0 Å². The van der Waals surface area contributed by atoms with E-state index in [-0.39, 0.29) is 5.97 Å². The molecule has 0 unspecified atom stereocenters. The van der Waals surface area contributed by atoms with Gasteiger partial charge in [0.05, 0.1) is 25.1 Å². The number of aromatic nitrogens is 3. The Bertz CT molecular complexity index is 1000. The van der Waals surface area contributed by atoms with Gasteiger partial charge in [0.25, 0.3) is 0 Å². The number of aryl methyl sites for hydroxylation is 1. The molecule has 0 aliphatic heterocycles. The van der Waals surface area contributed by atoms with E-state index in [4.69, 9.17) is 11.3 Å². The third kappa shape index (κ3) is 5.23. The third-order valence-corrected chi connectivity index (χ3v) is 4.37. The van der Waals surface area contributed by atoms with Gasteiger partial charge in [-0.25, -0.2) is 9.83 Å². The molecule has 0 spiro atoms. The number of ether oxygens (including phenoxy) is 1. The number of unbranched alkanes of at least 4 members (excludes halogenated alkanes) is 1. The highest BCUT2D eigenvalue weighted by atomic mass is 16.6. The van der Waals surface area contributed by atoms with Crippen molar-refractivity contribution in [2.75, 3.05) is 0 Å². The van der Waals surface area contributed by atoms with Crippen LogP contribution < -0.4 is 0 Å². The summed E-state index contributed by atoms with van der Waals surface area (Å²) in [5.74, 6) is -0.142. The molecule has 6 heteroatoms. The number of hydrogen-bond donors (Lipinski definition) is 0. The van der Waals surface area contributed by atoms with E-state index in [1.165, 1.54) is 0 Å². The van der Waals surface area contributed by atoms with Crippen LogP contribution in [-0.2, 0) is 22.6 Å². The Morgan fingerprint density at radius 3 is 2.82 bits per heavy atom. The van der Waals surface area contributed by atoms with Crippen LogP contribution in [0, 0.1) is 6.57 Å². The lowest BCUT2D eigenvalue weighted by Crippen LogP contribution is -2.23. The highest BCUT2D eigenvalue weighted by Crippen LogP contribution is 2.23. The van der Waals surface area contributed by atoms with Crippen molar-refractivity contribution in [2.24, 2.45) is 0 Å². The number of hydrogen-bond acceptors (Lipinski definition) is 3. The highest BCUT2D eigenvalue weighted by molar-refractivity contribution is 5.83. The molecule has 0 atom stereocenters. The van der Waals surface area contributed by atoms with Crippen LogP contribution in [0.15, 0.2) is 43.0 Å². The average molecular weight is 378 g/mol. The van der Waals surface area contributed by atoms with Crippen molar-refractivity contribution in [1.29, 1.82) is 0 Å². The summed E-state index contributed by atoms with van der Waals surface area (Å²) < 4.78 is 9.49. The molecule has 28 heavy (non-hydrogen) atoms. The van der Waals surface area contributed by atoms with Gasteiger partial charge in [0, 0.05) is 30.9 Å². The van der Waals surface area contributed by atoms with E-state index in [1.54, 1.807) is 0 Å². The highest BCUT2D eigenvalue weighted by Gasteiger charge is 2.15. The van der Waals surface area contributed by atoms with Crippen LogP contribution in [0.4, 0.5) is 5.69 Å². The zero-order chi connectivity index (χ0) is 20.1. The molecule has 2 aromatic heterocycles. The van der Waals surface area contributed by atoms with Gasteiger partial charge in [-0.1, -0.05) is 12.1 Å². The normalized spacial score (nSPS) is 11.5. The molecule has 0 N–H and O–H groups in total. The fourth-order valence-corrected chi connectivity index (χ4v) is 3.12. The molecular weight excluding hydrogens is 352 g/mol. The molecule has 0 amide bonds. The maximum absolute atomic E-state index is 11.7. The van der Waals surface area contributed by atoms with Gasteiger partial charge in [-0.05, 0) is 51.1 Å². The van der Waals surface area contributed by atoms with E-state index in [1.807, 2.05) is 57.7 Å². The lowest BCUT2D eigenvalue weighted by Gasteiger charge is -2.19. The van der Waals surface area contributed by atoms with Crippen LogP contribution in [0.2, 0.25) is 0 Å². The van der Waals surface area contributed by atoms with E-state index in [2.05, 4.69) is 25.0 Å². The molecule has 0 saturated carbocycles. The Morgan fingerprint density at radius 1 is 1.25 bits per heavy atom. The largest absolute Gasteiger partial charge is 0.460 e. The molecule has 3 aromatic rings. The van der Waals surface area contributed by atoms with E-state index in [9.17, 15) is 4.79 Å². The molecule has 146 valence electrons. The van der Waals surface area contributed by atoms with Crippen molar-refractivity contribution in [3.63, 3.8) is 0 Å². The molecule has 6 nitrogen and oxygen atoms in total. The summed E-state index contributed by atoms with van der Waals surface area (Å²) in [5.41, 5.74) is 2.23. The van der Waals surface area contributed by atoms with Crippen LogP contribution in [0.3, 0.4) is 0 Å². The number of carbonyl (C=O) groups excluding carboxylic acids is 1. The van der Waals surface area contributed by atoms with Crippen LogP contribution >= 0.6 is 0 Å². The summed E-state index contributed by atoms with van der Waals surface area (Å²) in [5, 5.41) is 1.12. The molecule has 2 heterocycles. The Labute approximate surface area is 165 Å². The maximum atomic E-state index is 11.7. The average Bonchev–Trinajstić information content (AvgIpc) is 3.24. The van der Waals surface area contributed by atoms with Gasteiger partial charge < -0.3 is 13.9 Å². The topological polar surface area (TPSA) is 53.4 Å². The minimum Gasteiger partial charge on any atom is -0.460 e. The van der Waals surface area contributed by atoms with Crippen LogP contribution in [0.25, 0.3) is 15.7 Å². The second kappa shape index (κ2) is 8.30. The van der Waals surface area contributed by atoms with Crippen LogP contribution in [0.1, 0.15) is 45.7 Å². The first-order valence-electron chi connectivity index (χ1n) is 9.53. The number of carbonyl (C=O) groups is 1. The summed E-state index contributed by atoms with van der Waals surface area (Å²) in [7, 11) is 0. The second-order valence-corrected chi connectivity index (χ2v) is 7.94. The van der Waals surface area contributed by atoms with Gasteiger partial charge in [-0.3, -0.25) is 4.79 Å². The van der Waals surface area contributed by atoms with Crippen LogP contribution in [0.5, 0.6) is 0 Å². The number of fused-ring (bicyclic) bond motifs is 1. The predicted molar refractivity (Wildman–Crippen MR) is 109 cm³/mol. The molecule has 0 saturated heterocycles. The smallest absolute Gasteiger partial charge is 0.306 e. The molecule has 0 fully saturated rings. The van der Waals surface area contributed by atoms with Crippen molar-refractivity contribution in [1.82, 2.24) is 14.1 Å². The van der Waals surface area contributed by atoms with E-state index in [0.29, 0.717) is 18.7 Å². The number of nitrogens with zero attached hydrogens (tertiary/aromatic N) is 4. The second-order valence-electron chi connectivity index (χ2n) is 7.94. The van der Waals surface area contributed by atoms with Gasteiger partial charge in [-0.15, -0.1) is 0 Å². The van der Waals surface area contributed by atoms with Crippen molar-refractivity contribution < 1.29 is 9.53 Å². The molecule has 0 aliphatic carbocycles. The maximum Gasteiger partial charge on any atom is 0.306 e. The Hall–Kier alpha value is -3.07. The summed E-state index contributed by atoms with van der Waals surface area (Å²) in [6.45, 7) is 14.3. The molecule has 0 bridgehead atoms.